The molecule has 0 fully saturated rings. The van der Waals surface area contributed by atoms with Gasteiger partial charge < -0.3 is 10.4 Å². The average molecular weight is 363 g/mol. The van der Waals surface area contributed by atoms with Crippen LogP contribution in [0.1, 0.15) is 24.2 Å². The Labute approximate surface area is 157 Å². The van der Waals surface area contributed by atoms with Crippen molar-refractivity contribution in [3.63, 3.8) is 0 Å². The molecule has 3 heteroatoms. The molecule has 0 bridgehead atoms. The van der Waals surface area contributed by atoms with Crippen molar-refractivity contribution in [2.45, 2.75) is 26.0 Å². The van der Waals surface area contributed by atoms with Crippen molar-refractivity contribution in [2.24, 2.45) is 0 Å². The molecule has 0 aliphatic carbocycles. The summed E-state index contributed by atoms with van der Waals surface area (Å²) in [6, 6.07) is 29.3. The lowest BCUT2D eigenvalue weighted by Gasteiger charge is -2.25. The second-order valence-electron chi connectivity index (χ2n) is 6.61. The van der Waals surface area contributed by atoms with E-state index in [1.165, 1.54) is 16.2 Å². The van der Waals surface area contributed by atoms with Crippen LogP contribution in [0, 0.1) is 6.92 Å². The highest BCUT2D eigenvalue weighted by atomic mass is 31.1. The second kappa shape index (κ2) is 9.09. The number of hydrogen-bond acceptors (Lipinski definition) is 2. The third kappa shape index (κ3) is 4.80. The Hall–Kier alpha value is -1.99. The summed E-state index contributed by atoms with van der Waals surface area (Å²) < 4.78 is 0. The van der Waals surface area contributed by atoms with Gasteiger partial charge in [0.25, 0.3) is 0 Å². The van der Waals surface area contributed by atoms with E-state index in [9.17, 15) is 5.11 Å². The van der Waals surface area contributed by atoms with E-state index in [0.717, 1.165) is 11.8 Å². The van der Waals surface area contributed by atoms with E-state index >= 15 is 0 Å². The van der Waals surface area contributed by atoms with Gasteiger partial charge in [-0.15, -0.1) is 0 Å². The predicted octanol–water partition coefficient (Wildman–Crippen LogP) is 4.10. The smallest absolute Gasteiger partial charge is 0.0940 e. The number of hydrogen-bond donors (Lipinski definition) is 2. The van der Waals surface area contributed by atoms with Crippen LogP contribution in [0.5, 0.6) is 0 Å². The van der Waals surface area contributed by atoms with E-state index in [1.807, 2.05) is 37.3 Å². The van der Waals surface area contributed by atoms with Crippen molar-refractivity contribution in [1.29, 1.82) is 0 Å². The molecule has 2 N–H and O–H groups in total. The van der Waals surface area contributed by atoms with Gasteiger partial charge in [-0.2, -0.15) is 0 Å². The van der Waals surface area contributed by atoms with Gasteiger partial charge in [-0.1, -0.05) is 90.5 Å². The van der Waals surface area contributed by atoms with Gasteiger partial charge in [0.1, 0.15) is 0 Å². The summed E-state index contributed by atoms with van der Waals surface area (Å²) in [4.78, 5) is 0. The predicted molar refractivity (Wildman–Crippen MR) is 113 cm³/mol. The van der Waals surface area contributed by atoms with Crippen LogP contribution in [0.2, 0.25) is 0 Å². The van der Waals surface area contributed by atoms with Gasteiger partial charge in [0.15, 0.2) is 0 Å². The maximum atomic E-state index is 10.6. The van der Waals surface area contributed by atoms with E-state index in [0.29, 0.717) is 0 Å². The summed E-state index contributed by atoms with van der Waals surface area (Å²) >= 11 is 0. The maximum absolute atomic E-state index is 10.6. The zero-order valence-corrected chi connectivity index (χ0v) is 16.2. The van der Waals surface area contributed by atoms with Crippen molar-refractivity contribution in [3.05, 3.63) is 96.1 Å². The molecule has 3 rings (SSSR count). The largest absolute Gasteiger partial charge is 0.387 e. The van der Waals surface area contributed by atoms with Gasteiger partial charge in [0.05, 0.1) is 6.10 Å². The second-order valence-corrected chi connectivity index (χ2v) is 8.81. The van der Waals surface area contributed by atoms with Crippen LogP contribution < -0.4 is 15.9 Å². The number of aliphatic hydroxyl groups is 1. The number of nitrogens with one attached hydrogen (secondary N) is 1. The molecule has 0 saturated carbocycles. The zero-order valence-electron chi connectivity index (χ0n) is 15.3. The normalized spacial score (nSPS) is 14.6. The lowest BCUT2D eigenvalue weighted by atomic mass is 10.0. The molecule has 0 aliphatic rings. The van der Waals surface area contributed by atoms with Gasteiger partial charge in [-0.25, -0.2) is 0 Å². The fourth-order valence-electron chi connectivity index (χ4n) is 3.02. The van der Waals surface area contributed by atoms with Crippen LogP contribution in [-0.4, -0.2) is 17.4 Å². The van der Waals surface area contributed by atoms with Gasteiger partial charge in [-0.05, 0) is 37.9 Å². The molecule has 2 nitrogen and oxygen atoms in total. The van der Waals surface area contributed by atoms with Crippen LogP contribution in [0.3, 0.4) is 0 Å². The number of benzene rings is 3. The molecule has 0 saturated heterocycles. The molecule has 0 radical (unpaired) electrons. The molecule has 0 spiro atoms. The Balaban J connectivity index is 1.76. The first-order valence-electron chi connectivity index (χ1n) is 9.01. The lowest BCUT2D eigenvalue weighted by molar-refractivity contribution is 0.139. The number of rotatable bonds is 7. The Bertz CT molecular complexity index is 807. The topological polar surface area (TPSA) is 32.3 Å². The molecule has 3 aromatic rings. The molecule has 0 aliphatic heterocycles. The summed E-state index contributed by atoms with van der Waals surface area (Å²) in [5, 5.41) is 16.9. The van der Waals surface area contributed by atoms with Crippen molar-refractivity contribution >= 4 is 18.5 Å². The Kier molecular flexibility index (Phi) is 6.57. The lowest BCUT2D eigenvalue weighted by Crippen LogP contribution is -2.34. The van der Waals surface area contributed by atoms with E-state index < -0.39 is 14.0 Å². The summed E-state index contributed by atoms with van der Waals surface area (Å²) in [5.41, 5.74) is 2.23. The molecule has 134 valence electrons. The van der Waals surface area contributed by atoms with E-state index in [4.69, 9.17) is 0 Å². The molecular formula is C23H26NOP. The first-order chi connectivity index (χ1) is 12.6. The van der Waals surface area contributed by atoms with E-state index in [2.05, 4.69) is 66.8 Å². The first kappa shape index (κ1) is 18.8. The van der Waals surface area contributed by atoms with Crippen LogP contribution >= 0.6 is 7.92 Å². The summed E-state index contributed by atoms with van der Waals surface area (Å²) in [6.45, 7) is 4.18. The Morgan fingerprint density at radius 2 is 1.46 bits per heavy atom. The number of aryl methyl sites for hydroxylation is 1. The standard InChI is InChI=1S/C23H26NOP/c1-18-10-9-15-22(16-18)26(21-13-7-4-8-14-21)17-24-19(2)23(25)20-11-5-3-6-12-20/h3-16,19,23-25H,17H2,1-2H3/t19-,23?,26?/m0/s1. The van der Waals surface area contributed by atoms with Crippen LogP contribution in [0.4, 0.5) is 0 Å². The highest BCUT2D eigenvalue weighted by Crippen LogP contribution is 2.33. The SMILES string of the molecule is Cc1cccc(P(CN[C@@H](C)C(O)c2ccccc2)c2ccccc2)c1. The Morgan fingerprint density at radius 1 is 0.846 bits per heavy atom. The van der Waals surface area contributed by atoms with Crippen molar-refractivity contribution in [3.8, 4) is 0 Å². The highest BCUT2D eigenvalue weighted by Gasteiger charge is 2.19. The maximum Gasteiger partial charge on any atom is 0.0940 e. The average Bonchev–Trinajstić information content (AvgIpc) is 2.69. The van der Waals surface area contributed by atoms with E-state index in [-0.39, 0.29) is 6.04 Å². The molecule has 3 aromatic carbocycles. The molecule has 0 heterocycles. The van der Waals surface area contributed by atoms with Gasteiger partial charge in [0.2, 0.25) is 0 Å². The molecule has 3 atom stereocenters. The minimum absolute atomic E-state index is 0.0177. The molecule has 2 unspecified atom stereocenters. The third-order valence-corrected chi connectivity index (χ3v) is 6.89. The quantitative estimate of drug-likeness (QED) is 0.620. The van der Waals surface area contributed by atoms with Gasteiger partial charge in [-0.3, -0.25) is 0 Å². The molecule has 0 amide bonds. The highest BCUT2D eigenvalue weighted by molar-refractivity contribution is 7.72. The minimum atomic E-state index is -0.515. The Morgan fingerprint density at radius 3 is 2.12 bits per heavy atom. The summed E-state index contributed by atoms with van der Waals surface area (Å²) in [5.74, 6) is 0. The van der Waals surface area contributed by atoms with Crippen molar-refractivity contribution in [1.82, 2.24) is 5.32 Å². The van der Waals surface area contributed by atoms with E-state index in [1.54, 1.807) is 0 Å². The molecular weight excluding hydrogens is 337 g/mol. The molecule has 0 aromatic heterocycles. The van der Waals surface area contributed by atoms with Crippen molar-refractivity contribution < 1.29 is 5.11 Å². The fourth-order valence-corrected chi connectivity index (χ4v) is 5.31. The summed E-state index contributed by atoms with van der Waals surface area (Å²) in [6.07, 6.45) is 0.328. The van der Waals surface area contributed by atoms with Crippen molar-refractivity contribution in [2.75, 3.05) is 6.29 Å². The first-order valence-corrected chi connectivity index (χ1v) is 10.5. The number of aliphatic hydroxyl groups excluding tert-OH is 1. The van der Waals surface area contributed by atoms with Crippen LogP contribution in [0.25, 0.3) is 0 Å². The fraction of sp³-hybridized carbons (Fsp3) is 0.217. The van der Waals surface area contributed by atoms with Crippen LogP contribution in [-0.2, 0) is 0 Å². The summed E-state index contributed by atoms with van der Waals surface area (Å²) in [7, 11) is -0.515. The molecule has 26 heavy (non-hydrogen) atoms. The van der Waals surface area contributed by atoms with Gasteiger partial charge in [0, 0.05) is 12.3 Å². The monoisotopic (exact) mass is 363 g/mol. The third-order valence-electron chi connectivity index (χ3n) is 4.57. The van der Waals surface area contributed by atoms with Crippen LogP contribution in [0.15, 0.2) is 84.9 Å². The zero-order chi connectivity index (χ0) is 18.4. The minimum Gasteiger partial charge on any atom is -0.387 e. The van der Waals surface area contributed by atoms with Gasteiger partial charge >= 0.3 is 0 Å².